The zero-order valence-electron chi connectivity index (χ0n) is 10.9. The third-order valence-electron chi connectivity index (χ3n) is 2.81. The number of aromatic amines is 1. The molecule has 0 saturated carbocycles. The topological polar surface area (TPSA) is 92.2 Å². The summed E-state index contributed by atoms with van der Waals surface area (Å²) < 4.78 is 1.23. The van der Waals surface area contributed by atoms with E-state index in [0.717, 1.165) is 0 Å². The van der Waals surface area contributed by atoms with Crippen LogP contribution in [0.2, 0.25) is 0 Å². The lowest BCUT2D eigenvalue weighted by Gasteiger charge is -2.24. The number of hydrogen-bond donors (Lipinski definition) is 2. The molecule has 0 aliphatic rings. The second-order valence-electron chi connectivity index (χ2n) is 5.27. The summed E-state index contributed by atoms with van der Waals surface area (Å²) in [5.74, 6) is -1.14. The van der Waals surface area contributed by atoms with Crippen molar-refractivity contribution in [1.29, 1.82) is 0 Å². The van der Waals surface area contributed by atoms with Crippen LogP contribution < -0.4 is 11.1 Å². The molecule has 1 heterocycles. The van der Waals surface area contributed by atoms with Crippen molar-refractivity contribution in [3.05, 3.63) is 44.5 Å². The van der Waals surface area contributed by atoms with Gasteiger partial charge in [0.15, 0.2) is 0 Å². The van der Waals surface area contributed by atoms with Gasteiger partial charge in [-0.3, -0.25) is 14.2 Å². The Labute approximate surface area is 108 Å². The first-order valence-corrected chi connectivity index (χ1v) is 5.75. The quantitative estimate of drug-likeness (QED) is 0.754. The number of para-hydroxylation sites is 1. The van der Waals surface area contributed by atoms with Crippen LogP contribution in [0.5, 0.6) is 0 Å². The van der Waals surface area contributed by atoms with E-state index in [0.29, 0.717) is 5.52 Å². The van der Waals surface area contributed by atoms with Crippen molar-refractivity contribution in [3.8, 4) is 0 Å². The van der Waals surface area contributed by atoms with Crippen LogP contribution in [-0.4, -0.2) is 20.6 Å². The first-order chi connectivity index (χ1) is 8.73. The fraction of sp³-hybridized carbons (Fsp3) is 0.308. The summed E-state index contributed by atoms with van der Waals surface area (Å²) in [7, 11) is 0. The van der Waals surface area contributed by atoms with Crippen molar-refractivity contribution in [2.45, 2.75) is 26.3 Å². The molecule has 19 heavy (non-hydrogen) atoms. The maximum Gasteiger partial charge on any atom is 0.337 e. The van der Waals surface area contributed by atoms with E-state index in [4.69, 9.17) is 0 Å². The van der Waals surface area contributed by atoms with E-state index in [9.17, 15) is 19.5 Å². The van der Waals surface area contributed by atoms with Gasteiger partial charge in [0.2, 0.25) is 0 Å². The summed E-state index contributed by atoms with van der Waals surface area (Å²) in [6.07, 6.45) is 0. The number of hydrogen-bond acceptors (Lipinski definition) is 3. The van der Waals surface area contributed by atoms with Gasteiger partial charge in [-0.25, -0.2) is 4.79 Å². The number of carboxylic acid groups (broad SMARTS) is 1. The van der Waals surface area contributed by atoms with Crippen molar-refractivity contribution in [3.63, 3.8) is 0 Å². The second-order valence-corrected chi connectivity index (χ2v) is 5.27. The molecular weight excluding hydrogens is 248 g/mol. The second kappa shape index (κ2) is 4.08. The molecule has 0 atom stereocenters. The summed E-state index contributed by atoms with van der Waals surface area (Å²) in [5, 5.41) is 9.23. The van der Waals surface area contributed by atoms with Crippen molar-refractivity contribution in [1.82, 2.24) is 9.55 Å². The Morgan fingerprint density at radius 3 is 2.42 bits per heavy atom. The molecule has 0 aliphatic carbocycles. The molecule has 0 radical (unpaired) electrons. The number of nitrogens with zero attached hydrogens (tertiary/aromatic N) is 1. The van der Waals surface area contributed by atoms with E-state index < -0.39 is 22.6 Å². The van der Waals surface area contributed by atoms with E-state index in [1.165, 1.54) is 16.7 Å². The molecule has 2 rings (SSSR count). The zero-order valence-corrected chi connectivity index (χ0v) is 10.9. The smallest absolute Gasteiger partial charge is 0.337 e. The third-order valence-corrected chi connectivity index (χ3v) is 2.81. The van der Waals surface area contributed by atoms with E-state index in [1.54, 1.807) is 26.8 Å². The maximum absolute atomic E-state index is 12.0. The molecule has 0 saturated heterocycles. The summed E-state index contributed by atoms with van der Waals surface area (Å²) in [4.78, 5) is 37.4. The van der Waals surface area contributed by atoms with Gasteiger partial charge in [0.05, 0.1) is 16.6 Å². The molecule has 0 fully saturated rings. The van der Waals surface area contributed by atoms with Gasteiger partial charge in [-0.15, -0.1) is 0 Å². The van der Waals surface area contributed by atoms with Gasteiger partial charge in [-0.05, 0) is 32.9 Å². The SMILES string of the molecule is CC(C)(C)n1c(=O)c(=O)[nH]c2cccc(C(=O)O)c21. The highest BCUT2D eigenvalue weighted by Gasteiger charge is 2.23. The fourth-order valence-electron chi connectivity index (χ4n) is 2.08. The number of carboxylic acids is 1. The van der Waals surface area contributed by atoms with Crippen molar-refractivity contribution in [2.24, 2.45) is 0 Å². The lowest BCUT2D eigenvalue weighted by atomic mass is 10.1. The van der Waals surface area contributed by atoms with E-state index in [1.807, 2.05) is 0 Å². The number of nitrogens with one attached hydrogen (secondary N) is 1. The lowest BCUT2D eigenvalue weighted by Crippen LogP contribution is -2.43. The molecule has 0 unspecified atom stereocenters. The third kappa shape index (κ3) is 2.05. The minimum atomic E-state index is -1.14. The van der Waals surface area contributed by atoms with Crippen LogP contribution in [0.1, 0.15) is 31.1 Å². The molecule has 2 aromatic rings. The number of H-pyrrole nitrogens is 1. The minimum absolute atomic E-state index is 0.0132. The predicted molar refractivity (Wildman–Crippen MR) is 70.8 cm³/mol. The molecule has 100 valence electrons. The summed E-state index contributed by atoms with van der Waals surface area (Å²) >= 11 is 0. The average Bonchev–Trinajstić information content (AvgIpc) is 2.27. The Morgan fingerprint density at radius 1 is 1.26 bits per heavy atom. The van der Waals surface area contributed by atoms with Crippen molar-refractivity contribution < 1.29 is 9.90 Å². The highest BCUT2D eigenvalue weighted by Crippen LogP contribution is 2.21. The number of benzene rings is 1. The van der Waals surface area contributed by atoms with Crippen LogP contribution in [-0.2, 0) is 5.54 Å². The summed E-state index contributed by atoms with van der Waals surface area (Å²) in [5.41, 5.74) is -1.67. The minimum Gasteiger partial charge on any atom is -0.478 e. The molecule has 1 aromatic heterocycles. The van der Waals surface area contributed by atoms with Crippen LogP contribution in [0.3, 0.4) is 0 Å². The molecule has 0 bridgehead atoms. The highest BCUT2D eigenvalue weighted by molar-refractivity contribution is 6.00. The average molecular weight is 262 g/mol. The molecular formula is C13H14N2O4. The van der Waals surface area contributed by atoms with Crippen LogP contribution in [0.25, 0.3) is 11.0 Å². The molecule has 0 amide bonds. The van der Waals surface area contributed by atoms with Crippen LogP contribution in [0.15, 0.2) is 27.8 Å². The Hall–Kier alpha value is -2.37. The normalized spacial score (nSPS) is 11.7. The Balaban J connectivity index is 3.15. The molecule has 6 heteroatoms. The van der Waals surface area contributed by atoms with Crippen molar-refractivity contribution in [2.75, 3.05) is 0 Å². The number of rotatable bonds is 1. The predicted octanol–water partition coefficient (Wildman–Crippen LogP) is 1.14. The first-order valence-electron chi connectivity index (χ1n) is 5.75. The van der Waals surface area contributed by atoms with E-state index >= 15 is 0 Å². The molecule has 1 aromatic carbocycles. The largest absolute Gasteiger partial charge is 0.478 e. The maximum atomic E-state index is 12.0. The number of fused-ring (bicyclic) bond motifs is 1. The monoisotopic (exact) mass is 262 g/mol. The van der Waals surface area contributed by atoms with Gasteiger partial charge < -0.3 is 10.1 Å². The molecule has 0 spiro atoms. The molecule has 0 aliphatic heterocycles. The molecule has 6 nitrogen and oxygen atoms in total. The number of carbonyl (C=O) groups is 1. The highest BCUT2D eigenvalue weighted by atomic mass is 16.4. The van der Waals surface area contributed by atoms with Crippen LogP contribution in [0, 0.1) is 0 Å². The van der Waals surface area contributed by atoms with Crippen LogP contribution >= 0.6 is 0 Å². The van der Waals surface area contributed by atoms with Gasteiger partial charge in [0, 0.05) is 5.54 Å². The van der Waals surface area contributed by atoms with Gasteiger partial charge in [-0.1, -0.05) is 6.07 Å². The number of aromatic nitrogens is 2. The number of aromatic carboxylic acids is 1. The van der Waals surface area contributed by atoms with E-state index in [2.05, 4.69) is 4.98 Å². The zero-order chi connectivity index (χ0) is 14.4. The Bertz CT molecular complexity index is 778. The first kappa shape index (κ1) is 13.1. The fourth-order valence-corrected chi connectivity index (χ4v) is 2.08. The molecule has 2 N–H and O–H groups in total. The summed E-state index contributed by atoms with van der Waals surface area (Å²) in [6, 6.07) is 4.51. The van der Waals surface area contributed by atoms with Gasteiger partial charge in [0.25, 0.3) is 0 Å². The van der Waals surface area contributed by atoms with Gasteiger partial charge in [0.1, 0.15) is 0 Å². The van der Waals surface area contributed by atoms with Gasteiger partial charge >= 0.3 is 17.1 Å². The summed E-state index contributed by atoms with van der Waals surface area (Å²) in [6.45, 7) is 5.23. The van der Waals surface area contributed by atoms with Gasteiger partial charge in [-0.2, -0.15) is 0 Å². The Kier molecular flexibility index (Phi) is 2.81. The lowest BCUT2D eigenvalue weighted by molar-refractivity contribution is 0.0698. The van der Waals surface area contributed by atoms with Crippen LogP contribution in [0.4, 0.5) is 0 Å². The standard InChI is InChI=1S/C13H14N2O4/c1-13(2,3)15-9-7(12(18)19)5-4-6-8(9)14-10(16)11(15)17/h4-6H,1-3H3,(H,14,16)(H,18,19). The van der Waals surface area contributed by atoms with Crippen molar-refractivity contribution >= 4 is 17.0 Å². The Morgan fingerprint density at radius 2 is 1.89 bits per heavy atom. The van der Waals surface area contributed by atoms with E-state index in [-0.39, 0.29) is 11.1 Å².